The fraction of sp³-hybridized carbons (Fsp3) is 0.444. The van der Waals surface area contributed by atoms with Crippen molar-refractivity contribution in [3.63, 3.8) is 0 Å². The summed E-state index contributed by atoms with van der Waals surface area (Å²) in [7, 11) is 2.09. The van der Waals surface area contributed by atoms with Crippen LogP contribution < -0.4 is 15.5 Å². The van der Waals surface area contributed by atoms with Crippen molar-refractivity contribution in [3.8, 4) is 6.07 Å². The number of pyridine rings is 1. The van der Waals surface area contributed by atoms with Crippen molar-refractivity contribution < 1.29 is 4.79 Å². The molecular weight excluding hydrogens is 358 g/mol. The number of likely N-dealkylation sites (N-methyl/N-ethyl adjacent to an activating group) is 1. The van der Waals surface area contributed by atoms with Gasteiger partial charge in [0.15, 0.2) is 0 Å². The van der Waals surface area contributed by atoms with E-state index in [1.54, 1.807) is 18.3 Å². The van der Waals surface area contributed by atoms with Gasteiger partial charge in [-0.1, -0.05) is 6.92 Å². The predicted octanol–water partition coefficient (Wildman–Crippen LogP) is 0.578. The van der Waals surface area contributed by atoms with E-state index in [4.69, 9.17) is 5.26 Å². The Morgan fingerprint density at radius 3 is 2.75 bits per heavy atom. The number of nitriles is 1. The molecule has 1 saturated heterocycles. The average Bonchev–Trinajstić information content (AvgIpc) is 2.72. The van der Waals surface area contributed by atoms with Gasteiger partial charge in [0.05, 0.1) is 11.6 Å². The zero-order valence-electron chi connectivity index (χ0n) is 16.0. The summed E-state index contributed by atoms with van der Waals surface area (Å²) in [5.41, 5.74) is 0.317. The lowest BCUT2D eigenvalue weighted by Gasteiger charge is -2.32. The molecule has 0 aromatic carbocycles. The number of nitrogens with one attached hydrogen (secondary N) is 2. The molecule has 2 N–H and O–H groups in total. The molecule has 3 heterocycles. The zero-order valence-corrected chi connectivity index (χ0v) is 16.0. The van der Waals surface area contributed by atoms with Crippen molar-refractivity contribution in [3.05, 3.63) is 29.7 Å². The topological polar surface area (TPSA) is 123 Å². The number of piperazine rings is 1. The third-order valence-electron chi connectivity index (χ3n) is 4.38. The summed E-state index contributed by atoms with van der Waals surface area (Å²) in [5, 5.41) is 14.2. The van der Waals surface area contributed by atoms with E-state index < -0.39 is 0 Å². The molecular formula is C18H23N9O. The van der Waals surface area contributed by atoms with Gasteiger partial charge in [0.25, 0.3) is 5.91 Å². The van der Waals surface area contributed by atoms with E-state index in [9.17, 15) is 4.79 Å². The van der Waals surface area contributed by atoms with Crippen molar-refractivity contribution >= 4 is 23.6 Å². The normalized spacial score (nSPS) is 14.4. The molecule has 1 fully saturated rings. The van der Waals surface area contributed by atoms with Gasteiger partial charge in [0.1, 0.15) is 18.2 Å². The summed E-state index contributed by atoms with van der Waals surface area (Å²) in [5.74, 6) is 1.57. The standard InChI is InChI=1S/C18H23N9O/c1-3-14-22-17(25-18(23-14)27-11-9-26(2)10-12-27)24-15-13(5-4-7-20-15)16(28)21-8-6-19/h4-5,7H,3,8-12H2,1-2H3,(H,21,28)(H,20,22,23,24,25). The Hall–Kier alpha value is -3.32. The second-order valence-corrected chi connectivity index (χ2v) is 6.38. The van der Waals surface area contributed by atoms with E-state index in [1.165, 1.54) is 0 Å². The number of aromatic nitrogens is 4. The Morgan fingerprint density at radius 2 is 2.04 bits per heavy atom. The molecule has 10 heteroatoms. The lowest BCUT2D eigenvalue weighted by Crippen LogP contribution is -2.45. The Kier molecular flexibility index (Phi) is 6.29. The van der Waals surface area contributed by atoms with Gasteiger partial charge in [-0.3, -0.25) is 4.79 Å². The first-order valence-electron chi connectivity index (χ1n) is 9.16. The zero-order chi connectivity index (χ0) is 19.9. The second kappa shape index (κ2) is 9.05. The van der Waals surface area contributed by atoms with Gasteiger partial charge in [-0.05, 0) is 19.2 Å². The molecule has 2 aromatic heterocycles. The number of amides is 1. The highest BCUT2D eigenvalue weighted by atomic mass is 16.1. The lowest BCUT2D eigenvalue weighted by atomic mass is 10.2. The number of anilines is 3. The fourth-order valence-electron chi connectivity index (χ4n) is 2.78. The van der Waals surface area contributed by atoms with Gasteiger partial charge in [-0.15, -0.1) is 0 Å². The molecule has 1 aliphatic heterocycles. The second-order valence-electron chi connectivity index (χ2n) is 6.38. The van der Waals surface area contributed by atoms with Crippen LogP contribution in [0.3, 0.4) is 0 Å². The quantitative estimate of drug-likeness (QED) is 0.692. The third-order valence-corrected chi connectivity index (χ3v) is 4.38. The minimum atomic E-state index is -0.388. The van der Waals surface area contributed by atoms with E-state index in [-0.39, 0.29) is 12.5 Å². The van der Waals surface area contributed by atoms with Gasteiger partial charge in [0.2, 0.25) is 11.9 Å². The maximum absolute atomic E-state index is 12.3. The molecule has 28 heavy (non-hydrogen) atoms. The van der Waals surface area contributed by atoms with Crippen LogP contribution in [-0.2, 0) is 6.42 Å². The van der Waals surface area contributed by atoms with Crippen molar-refractivity contribution in [2.24, 2.45) is 0 Å². The van der Waals surface area contributed by atoms with Gasteiger partial charge < -0.3 is 20.4 Å². The molecule has 0 unspecified atom stereocenters. The molecule has 2 aromatic rings. The molecule has 1 aliphatic rings. The number of carbonyl (C=O) groups excluding carboxylic acids is 1. The number of hydrogen-bond acceptors (Lipinski definition) is 9. The van der Waals surface area contributed by atoms with Crippen LogP contribution in [0, 0.1) is 11.3 Å². The van der Waals surface area contributed by atoms with Crippen LogP contribution in [0.2, 0.25) is 0 Å². The van der Waals surface area contributed by atoms with Gasteiger partial charge in [-0.2, -0.15) is 20.2 Å². The van der Waals surface area contributed by atoms with Crippen molar-refractivity contribution in [2.45, 2.75) is 13.3 Å². The highest BCUT2D eigenvalue weighted by Gasteiger charge is 2.19. The smallest absolute Gasteiger partial charge is 0.255 e. The largest absolute Gasteiger partial charge is 0.339 e. The van der Waals surface area contributed by atoms with Crippen molar-refractivity contribution in [2.75, 3.05) is 50.0 Å². The van der Waals surface area contributed by atoms with Crippen molar-refractivity contribution in [1.29, 1.82) is 5.26 Å². The van der Waals surface area contributed by atoms with Crippen LogP contribution in [0.25, 0.3) is 0 Å². The first kappa shape index (κ1) is 19.4. The molecule has 0 radical (unpaired) electrons. The molecule has 0 atom stereocenters. The van der Waals surface area contributed by atoms with Crippen LogP contribution in [-0.4, -0.2) is 70.5 Å². The molecule has 0 aliphatic carbocycles. The maximum Gasteiger partial charge on any atom is 0.255 e. The van der Waals surface area contributed by atoms with Crippen molar-refractivity contribution in [1.82, 2.24) is 30.2 Å². The number of hydrogen-bond donors (Lipinski definition) is 2. The molecule has 3 rings (SSSR count). The fourth-order valence-corrected chi connectivity index (χ4v) is 2.78. The van der Waals surface area contributed by atoms with Crippen LogP contribution in [0.4, 0.5) is 17.7 Å². The number of carbonyl (C=O) groups is 1. The molecule has 0 bridgehead atoms. The van der Waals surface area contributed by atoms with E-state index in [2.05, 4.69) is 47.4 Å². The summed E-state index contributed by atoms with van der Waals surface area (Å²) >= 11 is 0. The molecule has 0 saturated carbocycles. The molecule has 10 nitrogen and oxygen atoms in total. The van der Waals surface area contributed by atoms with Crippen LogP contribution in [0.15, 0.2) is 18.3 Å². The molecule has 146 valence electrons. The summed E-state index contributed by atoms with van der Waals surface area (Å²) in [6.07, 6.45) is 2.24. The third kappa shape index (κ3) is 4.69. The minimum absolute atomic E-state index is 0.0769. The Bertz CT molecular complexity index is 872. The number of nitrogens with zero attached hydrogens (tertiary/aromatic N) is 7. The van der Waals surface area contributed by atoms with Gasteiger partial charge in [-0.25, -0.2) is 4.98 Å². The predicted molar refractivity (Wildman–Crippen MR) is 104 cm³/mol. The Morgan fingerprint density at radius 1 is 1.25 bits per heavy atom. The first-order chi connectivity index (χ1) is 13.6. The molecule has 0 spiro atoms. The average molecular weight is 381 g/mol. The molecule has 1 amide bonds. The van der Waals surface area contributed by atoms with E-state index in [1.807, 2.05) is 13.0 Å². The Balaban J connectivity index is 1.86. The van der Waals surface area contributed by atoms with Crippen LogP contribution in [0.1, 0.15) is 23.1 Å². The van der Waals surface area contributed by atoms with Gasteiger partial charge in [0, 0.05) is 38.8 Å². The highest BCUT2D eigenvalue weighted by Crippen LogP contribution is 2.19. The van der Waals surface area contributed by atoms with E-state index in [0.29, 0.717) is 35.5 Å². The SMILES string of the molecule is CCc1nc(Nc2ncccc2C(=O)NCC#N)nc(N2CCN(C)CC2)n1. The van der Waals surface area contributed by atoms with Crippen LogP contribution >= 0.6 is 0 Å². The first-order valence-corrected chi connectivity index (χ1v) is 9.16. The summed E-state index contributed by atoms with van der Waals surface area (Å²) in [4.78, 5) is 34.4. The number of rotatable bonds is 6. The highest BCUT2D eigenvalue weighted by molar-refractivity contribution is 5.99. The maximum atomic E-state index is 12.3. The van der Waals surface area contributed by atoms with E-state index in [0.717, 1.165) is 26.2 Å². The summed E-state index contributed by atoms with van der Waals surface area (Å²) in [6, 6.07) is 5.17. The summed E-state index contributed by atoms with van der Waals surface area (Å²) < 4.78 is 0. The number of aryl methyl sites for hydroxylation is 1. The minimum Gasteiger partial charge on any atom is -0.339 e. The van der Waals surface area contributed by atoms with Crippen LogP contribution in [0.5, 0.6) is 0 Å². The monoisotopic (exact) mass is 381 g/mol. The lowest BCUT2D eigenvalue weighted by molar-refractivity contribution is 0.0959. The van der Waals surface area contributed by atoms with E-state index >= 15 is 0 Å². The van der Waals surface area contributed by atoms with Gasteiger partial charge >= 0.3 is 0 Å². The summed E-state index contributed by atoms with van der Waals surface area (Å²) in [6.45, 7) is 5.47. The Labute approximate surface area is 163 Å².